The van der Waals surface area contributed by atoms with Crippen LogP contribution in [0.1, 0.15) is 22.3 Å². The average Bonchev–Trinajstić information content (AvgIpc) is 2.69. The minimum atomic E-state index is -3.15. The predicted molar refractivity (Wildman–Crippen MR) is 129 cm³/mol. The zero-order valence-corrected chi connectivity index (χ0v) is 19.8. The molecule has 0 N–H and O–H groups in total. The van der Waals surface area contributed by atoms with Gasteiger partial charge in [0.25, 0.3) is 0 Å². The van der Waals surface area contributed by atoms with Crippen LogP contribution in [0.3, 0.4) is 0 Å². The van der Waals surface area contributed by atoms with Gasteiger partial charge in [0.2, 0.25) is 0 Å². The SMILES string of the molecule is Cc1ccc[c]([Ge]([c]2cccc(C)c2)([c]2cccc(C)c2)[c]2cccc(C)c2)c1. The molecule has 4 aromatic carbocycles. The molecule has 0 unspecified atom stereocenters. The van der Waals surface area contributed by atoms with E-state index in [9.17, 15) is 0 Å². The molecule has 0 radical (unpaired) electrons. The van der Waals surface area contributed by atoms with Crippen LogP contribution < -0.4 is 17.6 Å². The van der Waals surface area contributed by atoms with Crippen molar-refractivity contribution in [3.05, 3.63) is 119 Å². The first-order valence-corrected chi connectivity index (χ1v) is 14.5. The summed E-state index contributed by atoms with van der Waals surface area (Å²) in [7, 11) is 0. The summed E-state index contributed by atoms with van der Waals surface area (Å²) in [6.45, 7) is 8.83. The first-order chi connectivity index (χ1) is 14.0. The second kappa shape index (κ2) is 8.04. The summed E-state index contributed by atoms with van der Waals surface area (Å²) in [5, 5.41) is 0. The molecule has 0 amide bonds. The van der Waals surface area contributed by atoms with E-state index in [-0.39, 0.29) is 0 Å². The van der Waals surface area contributed by atoms with Gasteiger partial charge in [-0.25, -0.2) is 0 Å². The summed E-state index contributed by atoms with van der Waals surface area (Å²) < 4.78 is 5.97. The number of rotatable bonds is 4. The van der Waals surface area contributed by atoms with E-state index < -0.39 is 13.3 Å². The van der Waals surface area contributed by atoms with E-state index in [4.69, 9.17) is 0 Å². The Bertz CT molecular complexity index is 969. The van der Waals surface area contributed by atoms with E-state index >= 15 is 0 Å². The molecule has 4 rings (SSSR count). The quantitative estimate of drug-likeness (QED) is 0.418. The van der Waals surface area contributed by atoms with Crippen LogP contribution in [0.4, 0.5) is 0 Å². The average molecular weight is 437 g/mol. The fraction of sp³-hybridized carbons (Fsp3) is 0.143. The molecule has 0 saturated heterocycles. The molecule has 29 heavy (non-hydrogen) atoms. The van der Waals surface area contributed by atoms with Crippen molar-refractivity contribution in [1.29, 1.82) is 0 Å². The molecule has 0 saturated carbocycles. The third-order valence-electron chi connectivity index (χ3n) is 5.80. The molecule has 0 heterocycles. The molecular formula is C28H28Ge. The maximum atomic E-state index is 2.42. The van der Waals surface area contributed by atoms with Crippen molar-refractivity contribution < 1.29 is 0 Å². The predicted octanol–water partition coefficient (Wildman–Crippen LogP) is 4.30. The first kappa shape index (κ1) is 19.7. The van der Waals surface area contributed by atoms with Gasteiger partial charge in [-0.05, 0) is 0 Å². The number of hydrogen-bond donors (Lipinski definition) is 0. The zero-order valence-electron chi connectivity index (χ0n) is 17.7. The molecule has 0 bridgehead atoms. The zero-order chi connectivity index (χ0) is 20.4. The Hall–Kier alpha value is -2.58. The van der Waals surface area contributed by atoms with E-state index in [1.807, 2.05) is 0 Å². The van der Waals surface area contributed by atoms with Gasteiger partial charge in [0.15, 0.2) is 0 Å². The van der Waals surface area contributed by atoms with Crippen molar-refractivity contribution in [2.75, 3.05) is 0 Å². The van der Waals surface area contributed by atoms with E-state index in [0.717, 1.165) is 0 Å². The van der Waals surface area contributed by atoms with Gasteiger partial charge < -0.3 is 0 Å². The summed E-state index contributed by atoms with van der Waals surface area (Å²) in [6, 6.07) is 36.9. The van der Waals surface area contributed by atoms with Crippen molar-refractivity contribution in [3.8, 4) is 0 Å². The topological polar surface area (TPSA) is 0 Å². The molecule has 0 aliphatic carbocycles. The van der Waals surface area contributed by atoms with Crippen molar-refractivity contribution in [1.82, 2.24) is 0 Å². The van der Waals surface area contributed by atoms with E-state index in [2.05, 4.69) is 125 Å². The van der Waals surface area contributed by atoms with Crippen LogP contribution in [0.5, 0.6) is 0 Å². The standard InChI is InChI=1S/C28H28Ge/c1-21-9-5-13-25(17-21)29(26-14-6-10-22(2)18-26,27-15-7-11-23(3)19-27)28-16-8-12-24(4)20-28/h5-20H,1-4H3. The molecule has 0 nitrogen and oxygen atoms in total. The van der Waals surface area contributed by atoms with E-state index in [0.29, 0.717) is 0 Å². The molecular weight excluding hydrogens is 409 g/mol. The van der Waals surface area contributed by atoms with Crippen molar-refractivity contribution >= 4 is 30.8 Å². The normalized spacial score (nSPS) is 11.4. The van der Waals surface area contributed by atoms with Gasteiger partial charge >= 0.3 is 178 Å². The third kappa shape index (κ3) is 3.70. The minimum absolute atomic E-state index is 1.32. The molecule has 0 aliphatic heterocycles. The van der Waals surface area contributed by atoms with Gasteiger partial charge in [0, 0.05) is 0 Å². The fourth-order valence-electron chi connectivity index (χ4n) is 4.51. The molecule has 0 aromatic heterocycles. The summed E-state index contributed by atoms with van der Waals surface area (Å²) in [6.07, 6.45) is 0. The Morgan fingerprint density at radius 1 is 0.379 bits per heavy atom. The molecule has 0 fully saturated rings. The Balaban J connectivity index is 2.19. The monoisotopic (exact) mass is 438 g/mol. The van der Waals surface area contributed by atoms with Crippen LogP contribution in [0, 0.1) is 27.7 Å². The fourth-order valence-corrected chi connectivity index (χ4v) is 15.3. The van der Waals surface area contributed by atoms with Crippen LogP contribution in [-0.2, 0) is 0 Å². The first-order valence-electron chi connectivity index (χ1n) is 10.3. The molecule has 1 heteroatoms. The number of hydrogen-bond acceptors (Lipinski definition) is 0. The number of aryl methyl sites for hydroxylation is 4. The second-order valence-electron chi connectivity index (χ2n) is 8.23. The van der Waals surface area contributed by atoms with Crippen molar-refractivity contribution in [3.63, 3.8) is 0 Å². The Morgan fingerprint density at radius 3 is 0.828 bits per heavy atom. The Labute approximate surface area is 177 Å². The molecule has 4 aromatic rings. The molecule has 144 valence electrons. The molecule has 0 aliphatic rings. The van der Waals surface area contributed by atoms with Crippen LogP contribution in [0.15, 0.2) is 97.1 Å². The van der Waals surface area contributed by atoms with E-state index in [1.54, 1.807) is 0 Å². The molecule has 0 atom stereocenters. The van der Waals surface area contributed by atoms with Gasteiger partial charge in [-0.1, -0.05) is 0 Å². The van der Waals surface area contributed by atoms with Crippen LogP contribution in [0.2, 0.25) is 0 Å². The van der Waals surface area contributed by atoms with Gasteiger partial charge in [-0.3, -0.25) is 0 Å². The van der Waals surface area contributed by atoms with Gasteiger partial charge in [-0.2, -0.15) is 0 Å². The third-order valence-corrected chi connectivity index (χ3v) is 15.7. The second-order valence-corrected chi connectivity index (χ2v) is 16.2. The summed E-state index contributed by atoms with van der Waals surface area (Å²) >= 11 is -3.15. The Kier molecular flexibility index (Phi) is 5.47. The maximum absolute atomic E-state index is 3.15. The van der Waals surface area contributed by atoms with Crippen LogP contribution in [0.25, 0.3) is 0 Å². The van der Waals surface area contributed by atoms with Gasteiger partial charge in [0.05, 0.1) is 0 Å². The van der Waals surface area contributed by atoms with E-state index in [1.165, 1.54) is 39.8 Å². The summed E-state index contributed by atoms with van der Waals surface area (Å²) in [5.41, 5.74) is 5.30. The van der Waals surface area contributed by atoms with Crippen LogP contribution >= 0.6 is 0 Å². The van der Waals surface area contributed by atoms with Crippen LogP contribution in [-0.4, -0.2) is 13.3 Å². The number of benzene rings is 4. The van der Waals surface area contributed by atoms with Crippen molar-refractivity contribution in [2.24, 2.45) is 0 Å². The van der Waals surface area contributed by atoms with Crippen molar-refractivity contribution in [2.45, 2.75) is 27.7 Å². The summed E-state index contributed by atoms with van der Waals surface area (Å²) in [5.74, 6) is 0. The summed E-state index contributed by atoms with van der Waals surface area (Å²) in [4.78, 5) is 0. The van der Waals surface area contributed by atoms with Gasteiger partial charge in [0.1, 0.15) is 0 Å². The van der Waals surface area contributed by atoms with Gasteiger partial charge in [-0.15, -0.1) is 0 Å². The molecule has 0 spiro atoms. The Morgan fingerprint density at radius 2 is 0.621 bits per heavy atom.